The lowest BCUT2D eigenvalue weighted by atomic mass is 9.99. The molecule has 0 N–H and O–H groups in total. The zero-order chi connectivity index (χ0) is 17.1. The molecular formula is C20H24N2OS. The summed E-state index contributed by atoms with van der Waals surface area (Å²) in [6.45, 7) is 7.76. The van der Waals surface area contributed by atoms with Crippen molar-refractivity contribution in [2.45, 2.75) is 33.6 Å². The van der Waals surface area contributed by atoms with Crippen LogP contribution in [0.4, 0.5) is 0 Å². The summed E-state index contributed by atoms with van der Waals surface area (Å²) < 4.78 is 0. The van der Waals surface area contributed by atoms with Crippen molar-refractivity contribution < 1.29 is 4.79 Å². The average Bonchev–Trinajstić information content (AvgIpc) is 2.94. The number of nitrogens with zero attached hydrogens (tertiary/aromatic N) is 2. The number of amides is 1. The molecule has 0 aliphatic carbocycles. The van der Waals surface area contributed by atoms with Crippen molar-refractivity contribution in [3.8, 4) is 0 Å². The van der Waals surface area contributed by atoms with E-state index in [4.69, 9.17) is 0 Å². The van der Waals surface area contributed by atoms with Crippen LogP contribution < -0.4 is 0 Å². The highest BCUT2D eigenvalue weighted by Crippen LogP contribution is 2.26. The topological polar surface area (TPSA) is 33.2 Å². The largest absolute Gasteiger partial charge is 0.334 e. The molecule has 24 heavy (non-hydrogen) atoms. The van der Waals surface area contributed by atoms with Crippen molar-refractivity contribution in [1.29, 1.82) is 0 Å². The second kappa shape index (κ2) is 7.31. The first-order chi connectivity index (χ1) is 11.5. The van der Waals surface area contributed by atoms with Gasteiger partial charge < -0.3 is 4.90 Å². The van der Waals surface area contributed by atoms with Crippen LogP contribution in [0.1, 0.15) is 46.2 Å². The quantitative estimate of drug-likeness (QED) is 0.816. The van der Waals surface area contributed by atoms with Gasteiger partial charge in [0.25, 0.3) is 5.91 Å². The number of aryl methyl sites for hydroxylation is 1. The van der Waals surface area contributed by atoms with Crippen molar-refractivity contribution in [2.75, 3.05) is 13.1 Å². The zero-order valence-electron chi connectivity index (χ0n) is 14.6. The standard InChI is InChI=1S/C20H24N2OS/c1-14(2)13-18-21-15(3)19(24-18)20(23)22-11-9-17(10-12-22)16-7-5-4-6-8-16/h4-9,14H,10-13H2,1-3H3. The molecule has 2 aromatic rings. The summed E-state index contributed by atoms with van der Waals surface area (Å²) in [5.41, 5.74) is 3.47. The summed E-state index contributed by atoms with van der Waals surface area (Å²) in [4.78, 5) is 20.2. The minimum Gasteiger partial charge on any atom is -0.334 e. The van der Waals surface area contributed by atoms with Crippen LogP contribution in [0.15, 0.2) is 36.4 Å². The molecule has 2 heterocycles. The summed E-state index contributed by atoms with van der Waals surface area (Å²) in [7, 11) is 0. The Morgan fingerprint density at radius 1 is 1.29 bits per heavy atom. The van der Waals surface area contributed by atoms with E-state index >= 15 is 0 Å². The molecule has 1 aliphatic rings. The number of hydrogen-bond donors (Lipinski definition) is 0. The molecule has 0 saturated carbocycles. The molecule has 3 nitrogen and oxygen atoms in total. The second-order valence-corrected chi connectivity index (χ2v) is 7.80. The first-order valence-electron chi connectivity index (χ1n) is 8.54. The smallest absolute Gasteiger partial charge is 0.266 e. The van der Waals surface area contributed by atoms with Gasteiger partial charge in [-0.15, -0.1) is 11.3 Å². The number of aromatic nitrogens is 1. The Hall–Kier alpha value is -1.94. The fourth-order valence-electron chi connectivity index (χ4n) is 3.00. The fraction of sp³-hybridized carbons (Fsp3) is 0.400. The molecule has 126 valence electrons. The van der Waals surface area contributed by atoms with Gasteiger partial charge in [-0.2, -0.15) is 0 Å². The number of hydrogen-bond acceptors (Lipinski definition) is 3. The SMILES string of the molecule is Cc1nc(CC(C)C)sc1C(=O)N1CC=C(c2ccccc2)CC1. The summed E-state index contributed by atoms with van der Waals surface area (Å²) in [5, 5.41) is 1.07. The third-order valence-electron chi connectivity index (χ3n) is 4.26. The molecule has 1 aromatic heterocycles. The van der Waals surface area contributed by atoms with Crippen LogP contribution in [-0.2, 0) is 6.42 Å². The maximum Gasteiger partial charge on any atom is 0.266 e. The lowest BCUT2D eigenvalue weighted by Crippen LogP contribution is -2.34. The molecule has 0 atom stereocenters. The average molecular weight is 340 g/mol. The first kappa shape index (κ1) is 16.9. The van der Waals surface area contributed by atoms with Crippen molar-refractivity contribution in [3.63, 3.8) is 0 Å². The van der Waals surface area contributed by atoms with E-state index in [1.165, 1.54) is 11.1 Å². The Labute approximate surface area is 148 Å². The van der Waals surface area contributed by atoms with E-state index in [2.05, 4.69) is 49.2 Å². The number of benzene rings is 1. The number of carbonyl (C=O) groups is 1. The van der Waals surface area contributed by atoms with Crippen LogP contribution in [-0.4, -0.2) is 28.9 Å². The normalized spacial score (nSPS) is 14.8. The summed E-state index contributed by atoms with van der Waals surface area (Å²) in [5.74, 6) is 0.688. The monoisotopic (exact) mass is 340 g/mol. The lowest BCUT2D eigenvalue weighted by Gasteiger charge is -2.26. The summed E-state index contributed by atoms with van der Waals surface area (Å²) in [6.07, 6.45) is 4.03. The maximum absolute atomic E-state index is 12.8. The van der Waals surface area contributed by atoms with Crippen molar-refractivity contribution in [3.05, 3.63) is 57.6 Å². The van der Waals surface area contributed by atoms with Crippen LogP contribution in [0.3, 0.4) is 0 Å². The van der Waals surface area contributed by atoms with E-state index in [-0.39, 0.29) is 5.91 Å². The molecule has 1 aliphatic heterocycles. The van der Waals surface area contributed by atoms with E-state index in [0.29, 0.717) is 12.5 Å². The van der Waals surface area contributed by atoms with Gasteiger partial charge in [0, 0.05) is 19.5 Å². The molecule has 0 bridgehead atoms. The van der Waals surface area contributed by atoms with Crippen LogP contribution >= 0.6 is 11.3 Å². The molecule has 0 radical (unpaired) electrons. The molecule has 1 amide bonds. The molecule has 4 heteroatoms. The third-order valence-corrected chi connectivity index (χ3v) is 5.43. The van der Waals surface area contributed by atoms with Gasteiger partial charge in [0.15, 0.2) is 0 Å². The molecule has 0 unspecified atom stereocenters. The minimum absolute atomic E-state index is 0.128. The van der Waals surface area contributed by atoms with Gasteiger partial charge in [-0.05, 0) is 30.4 Å². The second-order valence-electron chi connectivity index (χ2n) is 6.72. The molecule has 1 aromatic carbocycles. The van der Waals surface area contributed by atoms with Gasteiger partial charge in [-0.1, -0.05) is 50.3 Å². The van der Waals surface area contributed by atoms with Crippen LogP contribution in [0.2, 0.25) is 0 Å². The maximum atomic E-state index is 12.8. The third kappa shape index (κ3) is 3.75. The van der Waals surface area contributed by atoms with Gasteiger partial charge >= 0.3 is 0 Å². The molecule has 0 spiro atoms. The molecular weight excluding hydrogens is 316 g/mol. The van der Waals surface area contributed by atoms with Crippen molar-refractivity contribution in [2.24, 2.45) is 5.92 Å². The van der Waals surface area contributed by atoms with E-state index in [9.17, 15) is 4.79 Å². The Kier molecular flexibility index (Phi) is 5.14. The van der Waals surface area contributed by atoms with Crippen LogP contribution in [0.25, 0.3) is 5.57 Å². The van der Waals surface area contributed by atoms with Gasteiger partial charge in [0.05, 0.1) is 10.7 Å². The zero-order valence-corrected chi connectivity index (χ0v) is 15.4. The Balaban J connectivity index is 1.71. The fourth-order valence-corrected chi connectivity index (χ4v) is 4.24. The number of carbonyl (C=O) groups excluding carboxylic acids is 1. The molecule has 3 rings (SSSR count). The molecule has 0 fully saturated rings. The van der Waals surface area contributed by atoms with E-state index in [0.717, 1.165) is 35.0 Å². The van der Waals surface area contributed by atoms with Gasteiger partial charge in [-0.3, -0.25) is 4.79 Å². The highest BCUT2D eigenvalue weighted by molar-refractivity contribution is 7.13. The van der Waals surface area contributed by atoms with Crippen molar-refractivity contribution in [1.82, 2.24) is 9.88 Å². The first-order valence-corrected chi connectivity index (χ1v) is 9.36. The van der Waals surface area contributed by atoms with Gasteiger partial charge in [0.2, 0.25) is 0 Å². The Morgan fingerprint density at radius 3 is 2.67 bits per heavy atom. The predicted molar refractivity (Wildman–Crippen MR) is 100 cm³/mol. The van der Waals surface area contributed by atoms with E-state index < -0.39 is 0 Å². The molecule has 0 saturated heterocycles. The summed E-state index contributed by atoms with van der Waals surface area (Å²) >= 11 is 1.56. The lowest BCUT2D eigenvalue weighted by molar-refractivity contribution is 0.0776. The highest BCUT2D eigenvalue weighted by Gasteiger charge is 2.23. The van der Waals surface area contributed by atoms with Crippen molar-refractivity contribution >= 4 is 22.8 Å². The number of rotatable bonds is 4. The van der Waals surface area contributed by atoms with Gasteiger partial charge in [-0.25, -0.2) is 4.98 Å². The van der Waals surface area contributed by atoms with E-state index in [1.807, 2.05) is 17.9 Å². The predicted octanol–water partition coefficient (Wildman–Crippen LogP) is 4.58. The minimum atomic E-state index is 0.128. The van der Waals surface area contributed by atoms with Crippen LogP contribution in [0.5, 0.6) is 0 Å². The van der Waals surface area contributed by atoms with Crippen LogP contribution in [0, 0.1) is 12.8 Å². The number of thiazole rings is 1. The summed E-state index contributed by atoms with van der Waals surface area (Å²) in [6, 6.07) is 10.4. The Morgan fingerprint density at radius 2 is 2.04 bits per heavy atom. The highest BCUT2D eigenvalue weighted by atomic mass is 32.1. The Bertz CT molecular complexity index is 746. The van der Waals surface area contributed by atoms with E-state index in [1.54, 1.807) is 11.3 Å². The van der Waals surface area contributed by atoms with Gasteiger partial charge in [0.1, 0.15) is 4.88 Å².